The van der Waals surface area contributed by atoms with E-state index in [1.54, 1.807) is 26.2 Å². The van der Waals surface area contributed by atoms with Crippen LogP contribution in [0.3, 0.4) is 0 Å². The van der Waals surface area contributed by atoms with Crippen LogP contribution >= 0.6 is 0 Å². The smallest absolute Gasteiger partial charge is 0.236 e. The average Bonchev–Trinajstić information content (AvgIpc) is 2.65. The second kappa shape index (κ2) is 5.53. The Morgan fingerprint density at radius 3 is 2.67 bits per heavy atom. The van der Waals surface area contributed by atoms with E-state index in [1.807, 2.05) is 0 Å². The van der Waals surface area contributed by atoms with Gasteiger partial charge in [0.2, 0.25) is 5.91 Å². The highest BCUT2D eigenvalue weighted by Crippen LogP contribution is 2.06. The number of nitrogens with zero attached hydrogens (tertiary/aromatic N) is 1. The highest BCUT2D eigenvalue weighted by Gasteiger charge is 2.04. The van der Waals surface area contributed by atoms with Gasteiger partial charge in [-0.25, -0.2) is 0 Å². The molecule has 0 aliphatic carbocycles. The second-order valence-electron chi connectivity index (χ2n) is 3.42. The maximum absolute atomic E-state index is 11.2. The number of amides is 1. The monoisotopic (exact) mass is 212 g/mol. The van der Waals surface area contributed by atoms with Crippen LogP contribution in [0.4, 0.5) is 0 Å². The largest absolute Gasteiger partial charge is 0.462 e. The van der Waals surface area contributed by atoms with E-state index in [4.69, 9.17) is 9.52 Å². The second-order valence-corrected chi connectivity index (χ2v) is 3.42. The molecule has 1 heterocycles. The van der Waals surface area contributed by atoms with E-state index in [1.165, 1.54) is 4.90 Å². The minimum atomic E-state index is -0.101. The number of carbonyl (C=O) groups is 1. The fourth-order valence-corrected chi connectivity index (χ4v) is 1.05. The Morgan fingerprint density at radius 2 is 2.13 bits per heavy atom. The van der Waals surface area contributed by atoms with Crippen LogP contribution in [0.2, 0.25) is 0 Å². The normalized spacial score (nSPS) is 10.3. The lowest BCUT2D eigenvalue weighted by molar-refractivity contribution is -0.127. The molecule has 0 aliphatic rings. The molecule has 1 amide bonds. The first-order valence-electron chi connectivity index (χ1n) is 4.73. The van der Waals surface area contributed by atoms with E-state index in [0.29, 0.717) is 18.1 Å². The fourth-order valence-electron chi connectivity index (χ4n) is 1.05. The highest BCUT2D eigenvalue weighted by molar-refractivity contribution is 5.77. The van der Waals surface area contributed by atoms with Gasteiger partial charge in [-0.3, -0.25) is 4.79 Å². The summed E-state index contributed by atoms with van der Waals surface area (Å²) < 4.78 is 5.24. The highest BCUT2D eigenvalue weighted by atomic mass is 16.4. The molecule has 84 valence electrons. The average molecular weight is 212 g/mol. The molecule has 5 heteroatoms. The zero-order valence-corrected chi connectivity index (χ0v) is 8.99. The van der Waals surface area contributed by atoms with Crippen molar-refractivity contribution in [3.05, 3.63) is 23.7 Å². The van der Waals surface area contributed by atoms with Gasteiger partial charge >= 0.3 is 0 Å². The third-order valence-corrected chi connectivity index (χ3v) is 1.95. The van der Waals surface area contributed by atoms with E-state index in [2.05, 4.69) is 5.32 Å². The molecule has 0 aliphatic heterocycles. The third-order valence-electron chi connectivity index (χ3n) is 1.95. The molecule has 0 unspecified atom stereocenters. The molecule has 0 aromatic carbocycles. The summed E-state index contributed by atoms with van der Waals surface area (Å²) >= 11 is 0. The van der Waals surface area contributed by atoms with Crippen LogP contribution in [-0.2, 0) is 17.9 Å². The summed E-state index contributed by atoms with van der Waals surface area (Å²) in [5, 5.41) is 11.7. The van der Waals surface area contributed by atoms with Gasteiger partial charge in [-0.2, -0.15) is 0 Å². The van der Waals surface area contributed by atoms with Gasteiger partial charge in [-0.05, 0) is 12.1 Å². The summed E-state index contributed by atoms with van der Waals surface area (Å²) in [4.78, 5) is 12.7. The molecular formula is C10H16N2O3. The van der Waals surface area contributed by atoms with Gasteiger partial charge in [0.25, 0.3) is 0 Å². The summed E-state index contributed by atoms with van der Waals surface area (Å²) in [6, 6.07) is 3.49. The molecule has 0 spiro atoms. The Bertz CT molecular complexity index is 320. The molecule has 0 saturated carbocycles. The van der Waals surface area contributed by atoms with Crippen molar-refractivity contribution in [3.8, 4) is 0 Å². The van der Waals surface area contributed by atoms with Crippen LogP contribution in [0.15, 0.2) is 16.5 Å². The first kappa shape index (κ1) is 11.7. The number of aliphatic hydroxyl groups is 1. The minimum Gasteiger partial charge on any atom is -0.462 e. The number of nitrogens with one attached hydrogen (secondary N) is 1. The zero-order valence-electron chi connectivity index (χ0n) is 8.99. The molecule has 1 aromatic rings. The molecule has 0 radical (unpaired) electrons. The number of hydrogen-bond donors (Lipinski definition) is 2. The minimum absolute atomic E-state index is 0.0175. The summed E-state index contributed by atoms with van der Waals surface area (Å²) in [7, 11) is 3.42. The molecule has 15 heavy (non-hydrogen) atoms. The van der Waals surface area contributed by atoms with Gasteiger partial charge in [-0.15, -0.1) is 0 Å². The van der Waals surface area contributed by atoms with E-state index in [9.17, 15) is 4.79 Å². The molecule has 1 aromatic heterocycles. The maximum atomic E-state index is 11.2. The standard InChI is InChI=1S/C10H16N2O3/c1-12(2)10(14)6-11-5-8-3-4-9(7-13)15-8/h3-4,11,13H,5-7H2,1-2H3. The summed E-state index contributed by atoms with van der Waals surface area (Å²) in [6.45, 7) is 0.665. The summed E-state index contributed by atoms with van der Waals surface area (Å²) in [5.74, 6) is 1.26. The number of rotatable bonds is 5. The first-order valence-corrected chi connectivity index (χ1v) is 4.73. The lowest BCUT2D eigenvalue weighted by atomic mass is 10.4. The molecule has 0 fully saturated rings. The molecule has 2 N–H and O–H groups in total. The molecule has 0 atom stereocenters. The zero-order chi connectivity index (χ0) is 11.3. The Hall–Kier alpha value is -1.33. The van der Waals surface area contributed by atoms with Crippen molar-refractivity contribution >= 4 is 5.91 Å². The molecule has 0 bridgehead atoms. The van der Waals surface area contributed by atoms with Crippen molar-refractivity contribution in [1.29, 1.82) is 0 Å². The predicted octanol–water partition coefficient (Wildman–Crippen LogP) is -0.0503. The number of carbonyl (C=O) groups excluding carboxylic acids is 1. The topological polar surface area (TPSA) is 65.7 Å². The van der Waals surface area contributed by atoms with E-state index in [-0.39, 0.29) is 19.1 Å². The Labute approximate surface area is 88.7 Å². The quantitative estimate of drug-likeness (QED) is 0.718. The molecule has 0 saturated heterocycles. The predicted molar refractivity (Wildman–Crippen MR) is 55.0 cm³/mol. The molecular weight excluding hydrogens is 196 g/mol. The lowest BCUT2D eigenvalue weighted by Crippen LogP contribution is -2.32. The fraction of sp³-hybridized carbons (Fsp3) is 0.500. The lowest BCUT2D eigenvalue weighted by Gasteiger charge is -2.09. The maximum Gasteiger partial charge on any atom is 0.236 e. The van der Waals surface area contributed by atoms with Gasteiger partial charge in [0.15, 0.2) is 0 Å². The SMILES string of the molecule is CN(C)C(=O)CNCc1ccc(CO)o1. The summed E-state index contributed by atoms with van der Waals surface area (Å²) in [6.07, 6.45) is 0. The number of hydrogen-bond acceptors (Lipinski definition) is 4. The van der Waals surface area contributed by atoms with Crippen LogP contribution < -0.4 is 5.32 Å². The molecule has 5 nitrogen and oxygen atoms in total. The Morgan fingerprint density at radius 1 is 1.47 bits per heavy atom. The number of likely N-dealkylation sites (N-methyl/N-ethyl adjacent to an activating group) is 1. The number of furan rings is 1. The van der Waals surface area contributed by atoms with E-state index >= 15 is 0 Å². The van der Waals surface area contributed by atoms with Gasteiger partial charge in [0.05, 0.1) is 13.1 Å². The Kier molecular flexibility index (Phi) is 4.33. The van der Waals surface area contributed by atoms with Crippen LogP contribution in [0.1, 0.15) is 11.5 Å². The van der Waals surface area contributed by atoms with Crippen LogP contribution in [0, 0.1) is 0 Å². The van der Waals surface area contributed by atoms with E-state index < -0.39 is 0 Å². The summed E-state index contributed by atoms with van der Waals surface area (Å²) in [5.41, 5.74) is 0. The van der Waals surface area contributed by atoms with Crippen molar-refractivity contribution < 1.29 is 14.3 Å². The van der Waals surface area contributed by atoms with Gasteiger partial charge in [-0.1, -0.05) is 0 Å². The van der Waals surface area contributed by atoms with Crippen LogP contribution in [0.5, 0.6) is 0 Å². The van der Waals surface area contributed by atoms with Gasteiger partial charge in [0, 0.05) is 14.1 Å². The van der Waals surface area contributed by atoms with Gasteiger partial charge < -0.3 is 19.7 Å². The van der Waals surface area contributed by atoms with Crippen molar-refractivity contribution in [2.45, 2.75) is 13.2 Å². The molecule has 1 rings (SSSR count). The first-order chi connectivity index (χ1) is 7.13. The van der Waals surface area contributed by atoms with Gasteiger partial charge in [0.1, 0.15) is 18.1 Å². The van der Waals surface area contributed by atoms with Crippen LogP contribution in [0.25, 0.3) is 0 Å². The van der Waals surface area contributed by atoms with E-state index in [0.717, 1.165) is 0 Å². The van der Waals surface area contributed by atoms with Crippen molar-refractivity contribution in [1.82, 2.24) is 10.2 Å². The third kappa shape index (κ3) is 3.73. The van der Waals surface area contributed by atoms with Crippen LogP contribution in [-0.4, -0.2) is 36.6 Å². The van der Waals surface area contributed by atoms with Crippen molar-refractivity contribution in [2.75, 3.05) is 20.6 Å². The van der Waals surface area contributed by atoms with Crippen molar-refractivity contribution in [2.24, 2.45) is 0 Å². The van der Waals surface area contributed by atoms with Crippen molar-refractivity contribution in [3.63, 3.8) is 0 Å². The Balaban J connectivity index is 2.28. The number of aliphatic hydroxyl groups excluding tert-OH is 1.